The minimum absolute atomic E-state index is 0.0416. The fraction of sp³-hybridized carbons (Fsp3) is 0.906. The highest BCUT2D eigenvalue weighted by Gasteiger charge is 2.71. The first-order valence-corrected chi connectivity index (χ1v) is 15.9. The van der Waals surface area contributed by atoms with Gasteiger partial charge in [0.2, 0.25) is 0 Å². The fourth-order valence-electron chi connectivity index (χ4n) is 10.1. The molecule has 0 spiro atoms. The maximum atomic E-state index is 13.0. The van der Waals surface area contributed by atoms with E-state index < -0.39 is 16.6 Å². The highest BCUT2D eigenvalue weighted by molar-refractivity contribution is 5.70. The lowest BCUT2D eigenvalue weighted by atomic mass is 9.41. The number of aliphatic hydroxyl groups is 2. The van der Waals surface area contributed by atoms with Gasteiger partial charge in [-0.25, -0.2) is 0 Å². The molecule has 0 amide bonds. The first kappa shape index (κ1) is 29.0. The molecule has 2 N–H and O–H groups in total. The third kappa shape index (κ3) is 4.77. The van der Waals surface area contributed by atoms with Crippen LogP contribution in [0.25, 0.3) is 0 Å². The van der Waals surface area contributed by atoms with Crippen LogP contribution in [0.3, 0.4) is 0 Å². The Balaban J connectivity index is 1.27. The van der Waals surface area contributed by atoms with Crippen molar-refractivity contribution >= 4 is 18.2 Å². The first-order chi connectivity index (χ1) is 18.6. The second-order valence-corrected chi connectivity index (χ2v) is 14.0. The van der Waals surface area contributed by atoms with Crippen LogP contribution in [0.15, 0.2) is 0 Å². The zero-order valence-corrected chi connectivity index (χ0v) is 24.1. The number of hydrogen-bond acceptors (Lipinski definition) is 7. The van der Waals surface area contributed by atoms with Crippen molar-refractivity contribution in [3.8, 4) is 0 Å². The average Bonchev–Trinajstić information content (AvgIpc) is 3.19. The quantitative estimate of drug-likeness (QED) is 0.230. The second-order valence-electron chi connectivity index (χ2n) is 14.0. The molecule has 0 aromatic carbocycles. The zero-order chi connectivity index (χ0) is 27.9. The maximum Gasteiger partial charge on any atom is 0.306 e. The molecule has 7 heteroatoms. The van der Waals surface area contributed by atoms with Gasteiger partial charge in [0, 0.05) is 19.3 Å². The summed E-state index contributed by atoms with van der Waals surface area (Å²) in [5.74, 6) is 0.129. The number of hydrogen-bond donors (Lipinski definition) is 2. The number of unbranched alkanes of at least 4 members (excludes halogenated alkanes) is 4. The summed E-state index contributed by atoms with van der Waals surface area (Å²) >= 11 is 0. The number of esters is 2. The molecule has 1 aliphatic heterocycles. The van der Waals surface area contributed by atoms with Crippen LogP contribution in [0, 0.1) is 34.5 Å². The van der Waals surface area contributed by atoms with E-state index in [0.717, 1.165) is 51.2 Å². The molecule has 5 aliphatic rings. The van der Waals surface area contributed by atoms with Crippen LogP contribution in [0.5, 0.6) is 0 Å². The molecule has 0 bridgehead atoms. The van der Waals surface area contributed by atoms with E-state index in [1.165, 1.54) is 12.8 Å². The lowest BCUT2D eigenvalue weighted by molar-refractivity contribution is -0.252. The van der Waals surface area contributed by atoms with Crippen molar-refractivity contribution in [2.45, 2.75) is 140 Å². The molecule has 9 atom stereocenters. The van der Waals surface area contributed by atoms with Gasteiger partial charge in [0.25, 0.3) is 0 Å². The minimum atomic E-state index is -1.21. The van der Waals surface area contributed by atoms with Gasteiger partial charge in [0.15, 0.2) is 0 Å². The van der Waals surface area contributed by atoms with Crippen molar-refractivity contribution in [1.82, 2.24) is 0 Å². The third-order valence-electron chi connectivity index (χ3n) is 12.3. The number of carbonyl (C=O) groups excluding carboxylic acids is 3. The molecular weight excluding hydrogens is 496 g/mol. The molecule has 5 rings (SSSR count). The molecule has 5 fully saturated rings. The number of fused-ring (bicyclic) bond motifs is 5. The van der Waals surface area contributed by atoms with Crippen molar-refractivity contribution < 1.29 is 34.1 Å². The number of ether oxygens (including phenoxy) is 2. The normalized spacial score (nSPS) is 45.4. The van der Waals surface area contributed by atoms with E-state index in [0.29, 0.717) is 63.9 Å². The Labute approximate surface area is 233 Å². The highest BCUT2D eigenvalue weighted by atomic mass is 16.5. The summed E-state index contributed by atoms with van der Waals surface area (Å²) in [6.07, 6.45) is 13.4. The van der Waals surface area contributed by atoms with Crippen molar-refractivity contribution in [2.75, 3.05) is 6.61 Å². The van der Waals surface area contributed by atoms with E-state index in [-0.39, 0.29) is 41.2 Å². The standard InChI is InChI=1S/C32H50O7/c1-3-4-5-6-7-8-28(35)39-23-11-16-30(21-33)25-12-15-29(2)24(22-9-10-27(34)38-20-22)14-18-32(29,37)26(25)13-17-31(30,36)19-23/h21-26,36-37H,3-20H2,1-2H3. The molecule has 4 aliphatic carbocycles. The number of aldehydes is 1. The van der Waals surface area contributed by atoms with E-state index in [1.807, 2.05) is 0 Å². The van der Waals surface area contributed by atoms with Crippen LogP contribution >= 0.6 is 0 Å². The molecule has 0 aromatic rings. The molecule has 1 heterocycles. The van der Waals surface area contributed by atoms with Gasteiger partial charge in [0.05, 0.1) is 23.2 Å². The number of carbonyl (C=O) groups is 3. The van der Waals surface area contributed by atoms with E-state index in [2.05, 4.69) is 13.8 Å². The molecule has 0 aromatic heterocycles. The number of cyclic esters (lactones) is 1. The zero-order valence-electron chi connectivity index (χ0n) is 24.1. The largest absolute Gasteiger partial charge is 0.465 e. The highest BCUT2D eigenvalue weighted by Crippen LogP contribution is 2.70. The topological polar surface area (TPSA) is 110 Å². The Morgan fingerprint density at radius 2 is 1.72 bits per heavy atom. The first-order valence-electron chi connectivity index (χ1n) is 15.9. The van der Waals surface area contributed by atoms with Gasteiger partial charge in [0.1, 0.15) is 12.4 Å². The lowest BCUT2D eigenvalue weighted by Crippen LogP contribution is -2.69. The van der Waals surface area contributed by atoms with Gasteiger partial charge < -0.3 is 24.5 Å². The lowest BCUT2D eigenvalue weighted by Gasteiger charge is -2.65. The fourth-order valence-corrected chi connectivity index (χ4v) is 10.1. The van der Waals surface area contributed by atoms with Gasteiger partial charge in [-0.2, -0.15) is 0 Å². The van der Waals surface area contributed by atoms with E-state index in [1.54, 1.807) is 0 Å². The molecule has 39 heavy (non-hydrogen) atoms. The van der Waals surface area contributed by atoms with Crippen LogP contribution in [0.1, 0.15) is 123 Å². The van der Waals surface area contributed by atoms with Gasteiger partial charge in [-0.15, -0.1) is 0 Å². The smallest absolute Gasteiger partial charge is 0.306 e. The summed E-state index contributed by atoms with van der Waals surface area (Å²) in [7, 11) is 0. The summed E-state index contributed by atoms with van der Waals surface area (Å²) in [6.45, 7) is 4.84. The average molecular weight is 547 g/mol. The Morgan fingerprint density at radius 1 is 0.974 bits per heavy atom. The predicted octanol–water partition coefficient (Wildman–Crippen LogP) is 5.28. The third-order valence-corrected chi connectivity index (χ3v) is 12.3. The Kier molecular flexibility index (Phi) is 8.25. The maximum absolute atomic E-state index is 13.0. The van der Waals surface area contributed by atoms with Crippen LogP contribution in [-0.4, -0.2) is 52.4 Å². The molecule has 220 valence electrons. The number of rotatable bonds is 9. The van der Waals surface area contributed by atoms with E-state index >= 15 is 0 Å². The summed E-state index contributed by atoms with van der Waals surface area (Å²) in [5.41, 5.74) is -3.29. The van der Waals surface area contributed by atoms with Crippen LogP contribution in [-0.2, 0) is 23.9 Å². The summed E-state index contributed by atoms with van der Waals surface area (Å²) in [5, 5.41) is 24.5. The SMILES string of the molecule is CCCCCCCC(=O)OC1CCC2(C=O)C3CCC4(C)C(C5CCC(=O)OC5)CCC4(O)C3CCC2(O)C1. The monoisotopic (exact) mass is 546 g/mol. The van der Waals surface area contributed by atoms with Gasteiger partial charge in [-0.1, -0.05) is 39.5 Å². The van der Waals surface area contributed by atoms with E-state index in [4.69, 9.17) is 9.47 Å². The van der Waals surface area contributed by atoms with Crippen LogP contribution in [0.2, 0.25) is 0 Å². The second kappa shape index (κ2) is 11.1. The Morgan fingerprint density at radius 3 is 2.44 bits per heavy atom. The van der Waals surface area contributed by atoms with Gasteiger partial charge >= 0.3 is 11.9 Å². The van der Waals surface area contributed by atoms with Crippen LogP contribution < -0.4 is 0 Å². The van der Waals surface area contributed by atoms with Gasteiger partial charge in [-0.05, 0) is 93.3 Å². The van der Waals surface area contributed by atoms with Crippen molar-refractivity contribution in [3.63, 3.8) is 0 Å². The molecule has 0 radical (unpaired) electrons. The molecule has 1 saturated heterocycles. The summed E-state index contributed by atoms with van der Waals surface area (Å²) in [6, 6.07) is 0. The van der Waals surface area contributed by atoms with Crippen molar-refractivity contribution in [1.29, 1.82) is 0 Å². The van der Waals surface area contributed by atoms with Crippen molar-refractivity contribution in [3.05, 3.63) is 0 Å². The van der Waals surface area contributed by atoms with E-state index in [9.17, 15) is 24.6 Å². The Bertz CT molecular complexity index is 925. The predicted molar refractivity (Wildman–Crippen MR) is 145 cm³/mol. The molecule has 9 unspecified atom stereocenters. The Hall–Kier alpha value is -1.47. The molecule has 7 nitrogen and oxygen atoms in total. The molecular formula is C32H50O7. The van der Waals surface area contributed by atoms with Gasteiger partial charge in [-0.3, -0.25) is 9.59 Å². The summed E-state index contributed by atoms with van der Waals surface area (Å²) < 4.78 is 11.3. The minimum Gasteiger partial charge on any atom is -0.465 e. The van der Waals surface area contributed by atoms with Crippen molar-refractivity contribution in [2.24, 2.45) is 34.5 Å². The molecule has 4 saturated carbocycles. The summed E-state index contributed by atoms with van der Waals surface area (Å²) in [4.78, 5) is 37.2. The van der Waals surface area contributed by atoms with Crippen LogP contribution in [0.4, 0.5) is 0 Å².